The SMILES string of the molecule is COc1ccc(C(=O)Nc2ccccc2-c2nc(C3(N)CCC3)no2)cc1. The van der Waals surface area contributed by atoms with Crippen LogP contribution in [-0.4, -0.2) is 23.2 Å². The van der Waals surface area contributed by atoms with Crippen LogP contribution >= 0.6 is 0 Å². The largest absolute Gasteiger partial charge is 0.497 e. The number of ether oxygens (including phenoxy) is 1. The molecule has 0 radical (unpaired) electrons. The molecule has 3 N–H and O–H groups in total. The van der Waals surface area contributed by atoms with Crippen LogP contribution in [0.15, 0.2) is 53.1 Å². The minimum Gasteiger partial charge on any atom is -0.497 e. The predicted octanol–water partition coefficient (Wildman–Crippen LogP) is 3.34. The zero-order valence-corrected chi connectivity index (χ0v) is 14.9. The molecule has 0 spiro atoms. The number of nitrogens with two attached hydrogens (primary N) is 1. The molecule has 2 aromatic carbocycles. The number of hydrogen-bond donors (Lipinski definition) is 2. The highest BCUT2D eigenvalue weighted by molar-refractivity contribution is 6.06. The van der Waals surface area contributed by atoms with Gasteiger partial charge in [-0.25, -0.2) is 0 Å². The molecule has 1 heterocycles. The van der Waals surface area contributed by atoms with E-state index in [0.717, 1.165) is 19.3 Å². The summed E-state index contributed by atoms with van der Waals surface area (Å²) >= 11 is 0. The standard InChI is InChI=1S/C20H20N4O3/c1-26-14-9-7-13(8-10-14)17(25)22-16-6-3-2-5-15(16)18-23-19(24-27-18)20(21)11-4-12-20/h2-3,5-10H,4,11-12,21H2,1H3,(H,22,25). The van der Waals surface area contributed by atoms with Crippen molar-refractivity contribution in [2.24, 2.45) is 5.73 Å². The third kappa shape index (κ3) is 3.29. The maximum atomic E-state index is 12.6. The number of anilines is 1. The number of nitrogens with zero attached hydrogens (tertiary/aromatic N) is 2. The number of hydrogen-bond acceptors (Lipinski definition) is 6. The van der Waals surface area contributed by atoms with E-state index < -0.39 is 5.54 Å². The number of rotatable bonds is 5. The lowest BCUT2D eigenvalue weighted by atomic mass is 9.77. The van der Waals surface area contributed by atoms with Gasteiger partial charge in [0.05, 0.1) is 23.9 Å². The fourth-order valence-corrected chi connectivity index (χ4v) is 3.03. The summed E-state index contributed by atoms with van der Waals surface area (Å²) in [5.74, 6) is 1.31. The molecular weight excluding hydrogens is 344 g/mol. The normalized spacial score (nSPS) is 15.0. The third-order valence-electron chi connectivity index (χ3n) is 4.88. The van der Waals surface area contributed by atoms with Crippen LogP contribution in [0.5, 0.6) is 5.75 Å². The van der Waals surface area contributed by atoms with Gasteiger partial charge in [0.25, 0.3) is 11.8 Å². The Hall–Kier alpha value is -3.19. The van der Waals surface area contributed by atoms with E-state index in [1.165, 1.54) is 0 Å². The molecule has 0 atom stereocenters. The Balaban J connectivity index is 1.58. The number of aromatic nitrogens is 2. The molecule has 4 rings (SSSR count). The van der Waals surface area contributed by atoms with E-state index in [2.05, 4.69) is 15.5 Å². The van der Waals surface area contributed by atoms with Crippen molar-refractivity contribution in [1.82, 2.24) is 10.1 Å². The summed E-state index contributed by atoms with van der Waals surface area (Å²) < 4.78 is 10.5. The smallest absolute Gasteiger partial charge is 0.260 e. The van der Waals surface area contributed by atoms with E-state index in [1.807, 2.05) is 18.2 Å². The van der Waals surface area contributed by atoms with E-state index in [-0.39, 0.29) is 5.91 Å². The van der Waals surface area contributed by atoms with Crippen molar-refractivity contribution >= 4 is 11.6 Å². The van der Waals surface area contributed by atoms with E-state index >= 15 is 0 Å². The Kier molecular flexibility index (Phi) is 4.37. The average molecular weight is 364 g/mol. The van der Waals surface area contributed by atoms with Crippen molar-refractivity contribution in [2.45, 2.75) is 24.8 Å². The Bertz CT molecular complexity index is 961. The number of carbonyl (C=O) groups is 1. The average Bonchev–Trinajstić information content (AvgIpc) is 3.17. The summed E-state index contributed by atoms with van der Waals surface area (Å²) in [5, 5.41) is 6.95. The number of para-hydroxylation sites is 1. The molecule has 0 aliphatic heterocycles. The number of carbonyl (C=O) groups excluding carboxylic acids is 1. The molecule has 1 fully saturated rings. The van der Waals surface area contributed by atoms with Gasteiger partial charge >= 0.3 is 0 Å². The summed E-state index contributed by atoms with van der Waals surface area (Å²) in [6.45, 7) is 0. The highest BCUT2D eigenvalue weighted by Crippen LogP contribution is 2.38. The first-order valence-electron chi connectivity index (χ1n) is 8.77. The molecule has 1 amide bonds. The van der Waals surface area contributed by atoms with Gasteiger partial charge in [-0.05, 0) is 55.7 Å². The monoisotopic (exact) mass is 364 g/mol. The molecule has 1 aromatic heterocycles. The van der Waals surface area contributed by atoms with Crippen molar-refractivity contribution in [1.29, 1.82) is 0 Å². The lowest BCUT2D eigenvalue weighted by Gasteiger charge is -2.34. The van der Waals surface area contributed by atoms with E-state index in [9.17, 15) is 4.79 Å². The molecule has 0 bridgehead atoms. The van der Waals surface area contributed by atoms with Gasteiger partial charge in [-0.1, -0.05) is 17.3 Å². The van der Waals surface area contributed by atoms with Gasteiger partial charge in [-0.15, -0.1) is 0 Å². The summed E-state index contributed by atoms with van der Waals surface area (Å²) in [6, 6.07) is 14.2. The minimum atomic E-state index is -0.497. The van der Waals surface area contributed by atoms with Crippen LogP contribution in [0.2, 0.25) is 0 Å². The van der Waals surface area contributed by atoms with Crippen LogP contribution in [-0.2, 0) is 5.54 Å². The Morgan fingerprint density at radius 3 is 2.59 bits per heavy atom. The van der Waals surface area contributed by atoms with Gasteiger partial charge in [-0.3, -0.25) is 4.79 Å². The summed E-state index contributed by atoms with van der Waals surface area (Å²) in [4.78, 5) is 17.0. The van der Waals surface area contributed by atoms with Gasteiger partial charge in [0, 0.05) is 5.56 Å². The molecule has 27 heavy (non-hydrogen) atoms. The summed E-state index contributed by atoms with van der Waals surface area (Å²) in [6.07, 6.45) is 2.76. The van der Waals surface area contributed by atoms with Crippen molar-refractivity contribution < 1.29 is 14.1 Å². The molecular formula is C20H20N4O3. The van der Waals surface area contributed by atoms with E-state index in [4.69, 9.17) is 15.0 Å². The second-order valence-electron chi connectivity index (χ2n) is 6.66. The fourth-order valence-electron chi connectivity index (χ4n) is 3.03. The van der Waals surface area contributed by atoms with Crippen LogP contribution in [0.4, 0.5) is 5.69 Å². The highest BCUT2D eigenvalue weighted by atomic mass is 16.5. The second-order valence-corrected chi connectivity index (χ2v) is 6.66. The zero-order valence-electron chi connectivity index (χ0n) is 14.9. The Morgan fingerprint density at radius 1 is 1.19 bits per heavy atom. The second kappa shape index (κ2) is 6.85. The maximum Gasteiger partial charge on any atom is 0.260 e. The van der Waals surface area contributed by atoms with E-state index in [0.29, 0.717) is 34.3 Å². The highest BCUT2D eigenvalue weighted by Gasteiger charge is 2.39. The molecule has 7 heteroatoms. The molecule has 1 aliphatic carbocycles. The first kappa shape index (κ1) is 17.2. The van der Waals surface area contributed by atoms with Gasteiger partial charge in [-0.2, -0.15) is 4.98 Å². The number of amides is 1. The lowest BCUT2D eigenvalue weighted by molar-refractivity contribution is 0.102. The van der Waals surface area contributed by atoms with Crippen LogP contribution in [0.3, 0.4) is 0 Å². The fraction of sp³-hybridized carbons (Fsp3) is 0.250. The van der Waals surface area contributed by atoms with Crippen molar-refractivity contribution in [3.05, 3.63) is 59.9 Å². The predicted molar refractivity (Wildman–Crippen MR) is 100 cm³/mol. The van der Waals surface area contributed by atoms with Crippen molar-refractivity contribution in [3.63, 3.8) is 0 Å². The lowest BCUT2D eigenvalue weighted by Crippen LogP contribution is -2.44. The molecule has 7 nitrogen and oxygen atoms in total. The molecule has 3 aromatic rings. The molecule has 0 saturated heterocycles. The molecule has 1 aliphatic rings. The topological polar surface area (TPSA) is 103 Å². The van der Waals surface area contributed by atoms with E-state index in [1.54, 1.807) is 37.4 Å². The zero-order chi connectivity index (χ0) is 18.9. The van der Waals surface area contributed by atoms with Crippen LogP contribution < -0.4 is 15.8 Å². The quantitative estimate of drug-likeness (QED) is 0.720. The number of benzene rings is 2. The first-order valence-corrected chi connectivity index (χ1v) is 8.77. The van der Waals surface area contributed by atoms with Gasteiger partial charge < -0.3 is 20.3 Å². The van der Waals surface area contributed by atoms with Gasteiger partial charge in [0.15, 0.2) is 5.82 Å². The Morgan fingerprint density at radius 2 is 1.93 bits per heavy atom. The van der Waals surface area contributed by atoms with Gasteiger partial charge in [0.1, 0.15) is 5.75 Å². The summed E-state index contributed by atoms with van der Waals surface area (Å²) in [7, 11) is 1.58. The van der Waals surface area contributed by atoms with Crippen molar-refractivity contribution in [2.75, 3.05) is 12.4 Å². The number of nitrogens with one attached hydrogen (secondary N) is 1. The van der Waals surface area contributed by atoms with Crippen molar-refractivity contribution in [3.8, 4) is 17.2 Å². The molecule has 138 valence electrons. The van der Waals surface area contributed by atoms with Crippen LogP contribution in [0, 0.1) is 0 Å². The minimum absolute atomic E-state index is 0.237. The summed E-state index contributed by atoms with van der Waals surface area (Å²) in [5.41, 5.74) is 7.54. The van der Waals surface area contributed by atoms with Crippen LogP contribution in [0.1, 0.15) is 35.4 Å². The molecule has 0 unspecified atom stereocenters. The third-order valence-corrected chi connectivity index (χ3v) is 4.88. The maximum absolute atomic E-state index is 12.6. The Labute approximate surface area is 156 Å². The van der Waals surface area contributed by atoms with Gasteiger partial charge in [0.2, 0.25) is 0 Å². The first-order chi connectivity index (χ1) is 13.1. The number of methoxy groups -OCH3 is 1. The molecule has 1 saturated carbocycles. The van der Waals surface area contributed by atoms with Crippen LogP contribution in [0.25, 0.3) is 11.5 Å².